The number of nitrogens with one attached hydrogen (secondary N) is 3. The molecule has 286 valence electrons. The van der Waals surface area contributed by atoms with Crippen molar-refractivity contribution in [2.24, 2.45) is 5.92 Å². The van der Waals surface area contributed by atoms with Crippen molar-refractivity contribution in [2.45, 2.75) is 44.9 Å². The maximum absolute atomic E-state index is 14.5. The van der Waals surface area contributed by atoms with E-state index in [9.17, 15) is 4.39 Å². The van der Waals surface area contributed by atoms with Crippen molar-refractivity contribution in [3.8, 4) is 33.8 Å². The zero-order valence-electron chi connectivity index (χ0n) is 32.6. The number of nitrogens with zero attached hydrogens (tertiary/aromatic N) is 4. The number of hydrogen-bond acceptors (Lipinski definition) is 6. The van der Waals surface area contributed by atoms with E-state index >= 15 is 0 Å². The summed E-state index contributed by atoms with van der Waals surface area (Å²) < 4.78 is 14.5. The molecule has 0 bridgehead atoms. The first-order valence-corrected chi connectivity index (χ1v) is 20.3. The molecule has 8 aromatic rings. The van der Waals surface area contributed by atoms with Gasteiger partial charge < -0.3 is 15.6 Å². The van der Waals surface area contributed by atoms with Gasteiger partial charge in [-0.2, -0.15) is 0 Å². The first-order chi connectivity index (χ1) is 28.5. The fourth-order valence-electron chi connectivity index (χ4n) is 8.93. The highest BCUT2D eigenvalue weighted by Crippen LogP contribution is 2.44. The summed E-state index contributed by atoms with van der Waals surface area (Å²) in [5.41, 5.74) is 15.7. The number of halogens is 1. The van der Waals surface area contributed by atoms with Crippen LogP contribution in [0.1, 0.15) is 64.6 Å². The average Bonchev–Trinajstić information content (AvgIpc) is 3.62. The molecular weight excluding hydrogens is 718 g/mol. The van der Waals surface area contributed by atoms with Crippen molar-refractivity contribution in [3.05, 3.63) is 178 Å². The second-order valence-corrected chi connectivity index (χ2v) is 16.0. The molecule has 3 heterocycles. The number of anilines is 2. The number of hydrogen-bond donors (Lipinski definition) is 3. The molecule has 3 N–H and O–H groups in total. The van der Waals surface area contributed by atoms with Gasteiger partial charge >= 0.3 is 0 Å². The fourth-order valence-corrected chi connectivity index (χ4v) is 8.93. The van der Waals surface area contributed by atoms with Crippen molar-refractivity contribution in [3.63, 3.8) is 0 Å². The van der Waals surface area contributed by atoms with Crippen LogP contribution >= 0.6 is 0 Å². The van der Waals surface area contributed by atoms with Crippen LogP contribution in [0.25, 0.3) is 44.7 Å². The first-order valence-electron chi connectivity index (χ1n) is 20.3. The Morgan fingerprint density at radius 3 is 1.90 bits per heavy atom. The number of H-pyrrole nitrogens is 1. The Balaban J connectivity index is 0.905. The van der Waals surface area contributed by atoms with Gasteiger partial charge in [-0.05, 0) is 87.9 Å². The summed E-state index contributed by atoms with van der Waals surface area (Å²) in [6, 6.07) is 41.7. The number of aromatic nitrogens is 5. The predicted molar refractivity (Wildman–Crippen MR) is 232 cm³/mol. The number of benzene rings is 5. The SMILES string of the molecule is CC(C)CNc1ncc2c(n1)-c1ccccc1C(c1ccc(-c3[nH]c4cc(F)ccc4c3CCNc3ncc4c(n3)-c3ccccc3C(c3ccccc3)C4)cc1)C2. The zero-order valence-corrected chi connectivity index (χ0v) is 32.6. The van der Waals surface area contributed by atoms with Gasteiger partial charge in [0, 0.05) is 65.0 Å². The minimum absolute atomic E-state index is 0.170. The number of rotatable bonds is 10. The number of aromatic amines is 1. The summed E-state index contributed by atoms with van der Waals surface area (Å²) in [5, 5.41) is 7.92. The molecule has 10 rings (SSSR count). The third-order valence-electron chi connectivity index (χ3n) is 11.8. The second-order valence-electron chi connectivity index (χ2n) is 16.0. The van der Waals surface area contributed by atoms with Gasteiger partial charge in [0.25, 0.3) is 0 Å². The van der Waals surface area contributed by atoms with Crippen LogP contribution in [-0.4, -0.2) is 38.0 Å². The topological polar surface area (TPSA) is 91.4 Å². The van der Waals surface area contributed by atoms with Crippen LogP contribution in [0.2, 0.25) is 0 Å². The fraction of sp³-hybridized carbons (Fsp3) is 0.200. The average molecular weight is 762 g/mol. The van der Waals surface area contributed by atoms with Gasteiger partial charge in [0.2, 0.25) is 11.9 Å². The molecule has 8 heteroatoms. The smallest absolute Gasteiger partial charge is 0.223 e. The Hall–Kier alpha value is -6.67. The maximum Gasteiger partial charge on any atom is 0.223 e. The van der Waals surface area contributed by atoms with Crippen molar-refractivity contribution in [2.75, 3.05) is 23.7 Å². The molecule has 7 nitrogen and oxygen atoms in total. The van der Waals surface area contributed by atoms with Crippen LogP contribution in [0, 0.1) is 11.7 Å². The standard InChI is InChI=1S/C50H44FN7/c1-30(2)27-53-50-55-29-35-25-44(38-13-7-9-15-41(38)48(35)58-50)32-16-18-33(19-17-32)46-42(39-21-20-36(51)26-45(39)56-46)22-23-52-49-54-28-34-24-43(31-10-4-3-5-11-31)37-12-6-8-14-40(37)47(34)57-49/h3-21,26,28-30,43-44,56H,22-25,27H2,1-2H3,(H,52,54,57)(H,53,55,58). The summed E-state index contributed by atoms with van der Waals surface area (Å²) in [7, 11) is 0. The molecule has 3 aromatic heterocycles. The van der Waals surface area contributed by atoms with E-state index in [1.807, 2.05) is 18.5 Å². The predicted octanol–water partition coefficient (Wildman–Crippen LogP) is 11.0. The largest absolute Gasteiger partial charge is 0.354 e. The van der Waals surface area contributed by atoms with Gasteiger partial charge in [-0.1, -0.05) is 117 Å². The molecule has 0 fully saturated rings. The molecular formula is C50H44FN7. The van der Waals surface area contributed by atoms with E-state index in [0.717, 1.165) is 80.8 Å². The van der Waals surface area contributed by atoms with Crippen molar-refractivity contribution in [1.29, 1.82) is 0 Å². The van der Waals surface area contributed by atoms with E-state index in [1.165, 1.54) is 28.3 Å². The third-order valence-corrected chi connectivity index (χ3v) is 11.8. The summed E-state index contributed by atoms with van der Waals surface area (Å²) in [4.78, 5) is 23.1. The lowest BCUT2D eigenvalue weighted by Crippen LogP contribution is -2.16. The summed E-state index contributed by atoms with van der Waals surface area (Å²) in [6.07, 6.45) is 6.34. The van der Waals surface area contributed by atoms with E-state index in [-0.39, 0.29) is 17.7 Å². The molecule has 2 atom stereocenters. The summed E-state index contributed by atoms with van der Waals surface area (Å²) in [5.74, 6) is 1.95. The summed E-state index contributed by atoms with van der Waals surface area (Å²) in [6.45, 7) is 5.79. The Morgan fingerprint density at radius 1 is 0.672 bits per heavy atom. The van der Waals surface area contributed by atoms with Gasteiger partial charge in [0.15, 0.2) is 0 Å². The van der Waals surface area contributed by atoms with Crippen LogP contribution < -0.4 is 10.6 Å². The summed E-state index contributed by atoms with van der Waals surface area (Å²) >= 11 is 0. The van der Waals surface area contributed by atoms with Crippen LogP contribution in [0.3, 0.4) is 0 Å². The van der Waals surface area contributed by atoms with Crippen molar-refractivity contribution in [1.82, 2.24) is 24.9 Å². The van der Waals surface area contributed by atoms with Gasteiger partial charge in [-0.3, -0.25) is 0 Å². The Labute approximate surface area is 337 Å². The molecule has 2 aliphatic carbocycles. The van der Waals surface area contributed by atoms with Gasteiger partial charge in [-0.25, -0.2) is 24.3 Å². The normalized spacial score (nSPS) is 15.4. The van der Waals surface area contributed by atoms with Gasteiger partial charge in [-0.15, -0.1) is 0 Å². The van der Waals surface area contributed by atoms with E-state index in [4.69, 9.17) is 15.0 Å². The van der Waals surface area contributed by atoms with Crippen LogP contribution in [0.15, 0.2) is 134 Å². The molecule has 0 saturated heterocycles. The van der Waals surface area contributed by atoms with Gasteiger partial charge in [0.05, 0.1) is 11.4 Å². The Kier molecular flexibility index (Phi) is 9.25. The number of fused-ring (bicyclic) bond motifs is 7. The first kappa shape index (κ1) is 35.7. The van der Waals surface area contributed by atoms with Crippen molar-refractivity contribution < 1.29 is 4.39 Å². The van der Waals surface area contributed by atoms with E-state index in [2.05, 4.69) is 138 Å². The van der Waals surface area contributed by atoms with Crippen molar-refractivity contribution >= 4 is 22.8 Å². The lowest BCUT2D eigenvalue weighted by atomic mass is 9.78. The van der Waals surface area contributed by atoms with E-state index in [1.54, 1.807) is 6.07 Å². The zero-order chi connectivity index (χ0) is 39.2. The lowest BCUT2D eigenvalue weighted by Gasteiger charge is -2.27. The van der Waals surface area contributed by atoms with E-state index in [0.29, 0.717) is 30.8 Å². The van der Waals surface area contributed by atoms with E-state index < -0.39 is 0 Å². The quantitative estimate of drug-likeness (QED) is 0.129. The molecule has 0 radical (unpaired) electrons. The minimum atomic E-state index is -0.263. The Bertz CT molecular complexity index is 2780. The molecule has 0 saturated carbocycles. The molecule has 2 aliphatic rings. The van der Waals surface area contributed by atoms with Crippen LogP contribution in [0.5, 0.6) is 0 Å². The molecule has 2 unspecified atom stereocenters. The molecule has 0 aliphatic heterocycles. The molecule has 5 aromatic carbocycles. The minimum Gasteiger partial charge on any atom is -0.354 e. The maximum atomic E-state index is 14.5. The van der Waals surface area contributed by atoms with Crippen LogP contribution in [0.4, 0.5) is 16.3 Å². The highest BCUT2D eigenvalue weighted by molar-refractivity contribution is 5.91. The van der Waals surface area contributed by atoms with Crippen LogP contribution in [-0.2, 0) is 19.3 Å². The second kappa shape index (κ2) is 15.0. The monoisotopic (exact) mass is 761 g/mol. The lowest BCUT2D eigenvalue weighted by molar-refractivity contribution is 0.629. The third kappa shape index (κ3) is 6.68. The highest BCUT2D eigenvalue weighted by Gasteiger charge is 2.29. The molecule has 0 spiro atoms. The van der Waals surface area contributed by atoms with Gasteiger partial charge in [0.1, 0.15) is 5.82 Å². The molecule has 58 heavy (non-hydrogen) atoms. The highest BCUT2D eigenvalue weighted by atomic mass is 19.1. The Morgan fingerprint density at radius 2 is 1.26 bits per heavy atom. The molecule has 0 amide bonds.